The number of aliphatic carboxylic acids is 1. The van der Waals surface area contributed by atoms with Crippen LogP contribution in [0.1, 0.15) is 32.1 Å². The average molecular weight is 385 g/mol. The number of benzene rings is 2. The fourth-order valence-electron chi connectivity index (χ4n) is 2.49. The lowest BCUT2D eigenvalue weighted by atomic mass is 10.1. The SMILES string of the molecule is O=CC(=O)Nc1ccc(Oc2ccccc2)cc1OCCCCCCC(=O)O. The maximum absolute atomic E-state index is 11.4. The van der Waals surface area contributed by atoms with Gasteiger partial charge in [-0.25, -0.2) is 0 Å². The predicted molar refractivity (Wildman–Crippen MR) is 104 cm³/mol. The summed E-state index contributed by atoms with van der Waals surface area (Å²) in [5.41, 5.74) is 0.378. The standard InChI is InChI=1S/C21H23NO6/c23-15-20(24)22-18-12-11-17(28-16-8-4-3-5-9-16)14-19(18)27-13-7-2-1-6-10-21(25)26/h3-5,8-9,11-12,14-15H,1-2,6-7,10,13H2,(H,22,24)(H,25,26). The highest BCUT2D eigenvalue weighted by atomic mass is 16.5. The van der Waals surface area contributed by atoms with Crippen LogP contribution in [0.5, 0.6) is 17.2 Å². The molecule has 2 aromatic rings. The monoisotopic (exact) mass is 385 g/mol. The quantitative estimate of drug-likeness (QED) is 0.325. The number of ether oxygens (including phenoxy) is 2. The zero-order valence-electron chi connectivity index (χ0n) is 15.4. The van der Waals surface area contributed by atoms with Crippen LogP contribution in [0.3, 0.4) is 0 Å². The molecule has 0 saturated heterocycles. The van der Waals surface area contributed by atoms with E-state index in [-0.39, 0.29) is 12.7 Å². The minimum atomic E-state index is -0.790. The molecule has 0 unspecified atom stereocenters. The van der Waals surface area contributed by atoms with Crippen molar-refractivity contribution in [1.82, 2.24) is 0 Å². The Morgan fingerprint density at radius 2 is 1.71 bits per heavy atom. The van der Waals surface area contributed by atoms with Gasteiger partial charge in [0.1, 0.15) is 17.2 Å². The molecule has 7 nitrogen and oxygen atoms in total. The van der Waals surface area contributed by atoms with Crippen LogP contribution in [-0.2, 0) is 14.4 Å². The number of hydrogen-bond acceptors (Lipinski definition) is 5. The number of carbonyl (C=O) groups excluding carboxylic acids is 2. The van der Waals surface area contributed by atoms with E-state index in [0.29, 0.717) is 36.0 Å². The highest BCUT2D eigenvalue weighted by Gasteiger charge is 2.10. The first-order valence-corrected chi connectivity index (χ1v) is 9.06. The van der Waals surface area contributed by atoms with E-state index in [9.17, 15) is 14.4 Å². The van der Waals surface area contributed by atoms with Crippen molar-refractivity contribution in [1.29, 1.82) is 0 Å². The molecule has 0 atom stereocenters. The second kappa shape index (κ2) is 11.4. The largest absolute Gasteiger partial charge is 0.491 e. The molecule has 0 aromatic heterocycles. The van der Waals surface area contributed by atoms with E-state index in [2.05, 4.69) is 5.32 Å². The molecule has 0 aliphatic carbocycles. The molecule has 2 aromatic carbocycles. The Bertz CT molecular complexity index is 791. The van der Waals surface area contributed by atoms with Gasteiger partial charge in [-0.3, -0.25) is 14.4 Å². The third kappa shape index (κ3) is 7.49. The molecule has 0 radical (unpaired) electrons. The van der Waals surface area contributed by atoms with E-state index < -0.39 is 11.9 Å². The summed E-state index contributed by atoms with van der Waals surface area (Å²) in [7, 11) is 0. The first kappa shape index (κ1) is 21.0. The number of amides is 1. The molecule has 7 heteroatoms. The van der Waals surface area contributed by atoms with Gasteiger partial charge >= 0.3 is 5.97 Å². The molecule has 0 bridgehead atoms. The third-order valence-corrected chi connectivity index (χ3v) is 3.84. The lowest BCUT2D eigenvalue weighted by Crippen LogP contribution is -2.13. The Balaban J connectivity index is 1.96. The zero-order chi connectivity index (χ0) is 20.2. The number of carboxylic acids is 1. The van der Waals surface area contributed by atoms with Crippen LogP contribution in [0, 0.1) is 0 Å². The van der Waals surface area contributed by atoms with Gasteiger partial charge in [-0.05, 0) is 37.1 Å². The fraction of sp³-hybridized carbons (Fsp3) is 0.286. The van der Waals surface area contributed by atoms with Crippen molar-refractivity contribution in [2.24, 2.45) is 0 Å². The van der Waals surface area contributed by atoms with Crippen molar-refractivity contribution >= 4 is 23.9 Å². The molecule has 148 valence electrons. The molecule has 28 heavy (non-hydrogen) atoms. The summed E-state index contributed by atoms with van der Waals surface area (Å²) in [5.74, 6) is 0.0368. The maximum Gasteiger partial charge on any atom is 0.303 e. The summed E-state index contributed by atoms with van der Waals surface area (Å²) in [6, 6.07) is 14.2. The fourth-order valence-corrected chi connectivity index (χ4v) is 2.49. The van der Waals surface area contributed by atoms with Crippen molar-refractivity contribution in [2.75, 3.05) is 11.9 Å². The van der Waals surface area contributed by atoms with E-state index >= 15 is 0 Å². The molecule has 1 amide bonds. The predicted octanol–water partition coefficient (Wildman–Crippen LogP) is 4.03. The number of unbranched alkanes of at least 4 members (excludes halogenated alkanes) is 3. The second-order valence-corrected chi connectivity index (χ2v) is 6.09. The van der Waals surface area contributed by atoms with E-state index in [1.165, 1.54) is 0 Å². The minimum Gasteiger partial charge on any atom is -0.491 e. The van der Waals surface area contributed by atoms with Crippen LogP contribution in [0.2, 0.25) is 0 Å². The number of hydrogen-bond donors (Lipinski definition) is 2. The lowest BCUT2D eigenvalue weighted by Gasteiger charge is -2.14. The average Bonchev–Trinajstić information content (AvgIpc) is 2.69. The highest BCUT2D eigenvalue weighted by Crippen LogP contribution is 2.32. The number of anilines is 1. The van der Waals surface area contributed by atoms with Crippen LogP contribution in [0.25, 0.3) is 0 Å². The van der Waals surface area contributed by atoms with Gasteiger partial charge in [0, 0.05) is 12.5 Å². The van der Waals surface area contributed by atoms with Gasteiger partial charge in [0.2, 0.25) is 6.29 Å². The van der Waals surface area contributed by atoms with Crippen LogP contribution in [0.4, 0.5) is 5.69 Å². The number of rotatable bonds is 12. The van der Waals surface area contributed by atoms with Crippen molar-refractivity contribution < 1.29 is 29.0 Å². The van der Waals surface area contributed by atoms with E-state index in [4.69, 9.17) is 14.6 Å². The second-order valence-electron chi connectivity index (χ2n) is 6.09. The van der Waals surface area contributed by atoms with Crippen molar-refractivity contribution in [2.45, 2.75) is 32.1 Å². The van der Waals surface area contributed by atoms with Crippen LogP contribution in [-0.4, -0.2) is 29.9 Å². The van der Waals surface area contributed by atoms with Gasteiger partial charge in [-0.15, -0.1) is 0 Å². The summed E-state index contributed by atoms with van der Waals surface area (Å²) in [4.78, 5) is 32.5. The smallest absolute Gasteiger partial charge is 0.303 e. The third-order valence-electron chi connectivity index (χ3n) is 3.84. The number of para-hydroxylation sites is 1. The van der Waals surface area contributed by atoms with Crippen LogP contribution >= 0.6 is 0 Å². The molecule has 0 saturated carbocycles. The Morgan fingerprint density at radius 1 is 0.964 bits per heavy atom. The van der Waals surface area contributed by atoms with Gasteiger partial charge in [0.05, 0.1) is 12.3 Å². The molecule has 0 fully saturated rings. The first-order chi connectivity index (χ1) is 13.6. The summed E-state index contributed by atoms with van der Waals surface area (Å²) in [6.45, 7) is 0.395. The molecule has 2 rings (SSSR count). The Hall–Kier alpha value is -3.35. The van der Waals surface area contributed by atoms with Crippen molar-refractivity contribution in [3.8, 4) is 17.2 Å². The van der Waals surface area contributed by atoms with Gasteiger partial charge in [-0.1, -0.05) is 31.0 Å². The van der Waals surface area contributed by atoms with Crippen LogP contribution < -0.4 is 14.8 Å². The Labute approximate surface area is 163 Å². The number of nitrogens with one attached hydrogen (secondary N) is 1. The molecular weight excluding hydrogens is 362 g/mol. The topological polar surface area (TPSA) is 102 Å². The highest BCUT2D eigenvalue weighted by molar-refractivity contribution is 6.29. The van der Waals surface area contributed by atoms with Crippen LogP contribution in [0.15, 0.2) is 48.5 Å². The molecule has 0 heterocycles. The number of carbonyl (C=O) groups is 3. The first-order valence-electron chi connectivity index (χ1n) is 9.06. The van der Waals surface area contributed by atoms with E-state index in [1.807, 2.05) is 30.3 Å². The molecule has 0 aliphatic heterocycles. The Morgan fingerprint density at radius 3 is 2.43 bits per heavy atom. The maximum atomic E-state index is 11.4. The van der Waals surface area contributed by atoms with Gasteiger partial charge in [0.15, 0.2) is 0 Å². The molecular formula is C21H23NO6. The summed E-state index contributed by atoms with van der Waals surface area (Å²) >= 11 is 0. The minimum absolute atomic E-state index is 0.168. The zero-order valence-corrected chi connectivity index (χ0v) is 15.4. The van der Waals surface area contributed by atoms with E-state index in [1.54, 1.807) is 18.2 Å². The van der Waals surface area contributed by atoms with Crippen molar-refractivity contribution in [3.05, 3.63) is 48.5 Å². The van der Waals surface area contributed by atoms with Crippen molar-refractivity contribution in [3.63, 3.8) is 0 Å². The normalized spacial score (nSPS) is 10.1. The van der Waals surface area contributed by atoms with Gasteiger partial charge < -0.3 is 19.9 Å². The Kier molecular flexibility index (Phi) is 8.52. The summed E-state index contributed by atoms with van der Waals surface area (Å²) in [5, 5.41) is 11.1. The van der Waals surface area contributed by atoms with Gasteiger partial charge in [-0.2, -0.15) is 0 Å². The molecule has 0 aliphatic rings. The molecule has 0 spiro atoms. The summed E-state index contributed by atoms with van der Waals surface area (Å²) < 4.78 is 11.5. The lowest BCUT2D eigenvalue weighted by molar-refractivity contribution is -0.137. The summed E-state index contributed by atoms with van der Waals surface area (Å²) in [6.07, 6.45) is 3.38. The molecule has 2 N–H and O–H groups in total. The number of carboxylic acid groups (broad SMARTS) is 1. The van der Waals surface area contributed by atoms with E-state index in [0.717, 1.165) is 19.3 Å². The van der Waals surface area contributed by atoms with Gasteiger partial charge in [0.25, 0.3) is 5.91 Å². The number of aldehydes is 1.